The van der Waals surface area contributed by atoms with Crippen molar-refractivity contribution in [3.05, 3.63) is 17.3 Å². The Morgan fingerprint density at radius 2 is 2.17 bits per heavy atom. The second-order valence-corrected chi connectivity index (χ2v) is 3.25. The van der Waals surface area contributed by atoms with Crippen LogP contribution in [0.15, 0.2) is 4.42 Å². The van der Waals surface area contributed by atoms with Crippen LogP contribution in [0.5, 0.6) is 0 Å². The van der Waals surface area contributed by atoms with Gasteiger partial charge in [0, 0.05) is 12.3 Å². The maximum atomic E-state index is 5.46. The van der Waals surface area contributed by atoms with Gasteiger partial charge in [-0.3, -0.25) is 0 Å². The third-order valence-electron chi connectivity index (χ3n) is 1.78. The molecule has 0 atom stereocenters. The first-order chi connectivity index (χ1) is 5.65. The monoisotopic (exact) mass is 168 g/mol. The summed E-state index contributed by atoms with van der Waals surface area (Å²) >= 11 is 0. The van der Waals surface area contributed by atoms with Gasteiger partial charge in [0.15, 0.2) is 5.89 Å². The average molecular weight is 168 g/mol. The first kappa shape index (κ1) is 9.26. The number of nitrogens with zero attached hydrogens (tertiary/aromatic N) is 1. The molecule has 1 aromatic heterocycles. The molecule has 0 bridgehead atoms. The van der Waals surface area contributed by atoms with Crippen LogP contribution in [0.2, 0.25) is 0 Å². The summed E-state index contributed by atoms with van der Waals surface area (Å²) in [6, 6.07) is 0. The molecule has 0 saturated carbocycles. The van der Waals surface area contributed by atoms with E-state index in [1.807, 2.05) is 6.92 Å². The molecule has 0 aliphatic carbocycles. The molecule has 68 valence electrons. The molecule has 12 heavy (non-hydrogen) atoms. The largest absolute Gasteiger partial charge is 0.445 e. The van der Waals surface area contributed by atoms with Crippen LogP contribution in [0.1, 0.15) is 37.1 Å². The van der Waals surface area contributed by atoms with Crippen LogP contribution in [0.4, 0.5) is 0 Å². The molecule has 0 unspecified atom stereocenters. The summed E-state index contributed by atoms with van der Waals surface area (Å²) < 4.78 is 5.46. The van der Waals surface area contributed by atoms with Crippen molar-refractivity contribution in [1.29, 1.82) is 0 Å². The van der Waals surface area contributed by atoms with Crippen molar-refractivity contribution in [3.8, 4) is 0 Å². The third-order valence-corrected chi connectivity index (χ3v) is 1.78. The Balaban J connectivity index is 2.85. The van der Waals surface area contributed by atoms with Crippen LogP contribution < -0.4 is 5.73 Å². The molecule has 3 heteroatoms. The predicted octanol–water partition coefficient (Wildman–Crippen LogP) is 1.61. The molecule has 1 rings (SSSR count). The van der Waals surface area contributed by atoms with E-state index in [-0.39, 0.29) is 0 Å². The first-order valence-corrected chi connectivity index (χ1v) is 4.31. The van der Waals surface area contributed by atoms with Gasteiger partial charge < -0.3 is 10.2 Å². The van der Waals surface area contributed by atoms with Gasteiger partial charge in [-0.2, -0.15) is 0 Å². The van der Waals surface area contributed by atoms with Crippen LogP contribution in [0.3, 0.4) is 0 Å². The fourth-order valence-corrected chi connectivity index (χ4v) is 1.07. The summed E-state index contributed by atoms with van der Waals surface area (Å²) in [4.78, 5) is 4.35. The maximum absolute atomic E-state index is 5.46. The minimum Gasteiger partial charge on any atom is -0.445 e. The number of nitrogens with two attached hydrogens (primary N) is 1. The molecule has 0 amide bonds. The smallest absolute Gasteiger partial charge is 0.197 e. The highest BCUT2D eigenvalue weighted by Crippen LogP contribution is 2.17. The molecule has 0 spiro atoms. The Bertz CT molecular complexity index is 253. The summed E-state index contributed by atoms with van der Waals surface area (Å²) in [5.74, 6) is 2.08. The number of rotatable bonds is 3. The van der Waals surface area contributed by atoms with Gasteiger partial charge in [0.1, 0.15) is 5.76 Å². The second-order valence-electron chi connectivity index (χ2n) is 3.25. The molecule has 0 aliphatic heterocycles. The maximum Gasteiger partial charge on any atom is 0.197 e. The minimum absolute atomic E-state index is 0.357. The van der Waals surface area contributed by atoms with Crippen molar-refractivity contribution in [2.45, 2.75) is 33.1 Å². The van der Waals surface area contributed by atoms with Gasteiger partial charge in [0.2, 0.25) is 0 Å². The van der Waals surface area contributed by atoms with Crippen molar-refractivity contribution in [2.75, 3.05) is 6.54 Å². The molecule has 3 nitrogen and oxygen atoms in total. The van der Waals surface area contributed by atoms with Crippen LogP contribution in [-0.2, 0) is 6.42 Å². The second kappa shape index (κ2) is 3.72. The lowest BCUT2D eigenvalue weighted by atomic mass is 10.2. The SMILES string of the molecule is Cc1oc(C(C)C)nc1CCN. The van der Waals surface area contributed by atoms with Crippen molar-refractivity contribution in [3.63, 3.8) is 0 Å². The minimum atomic E-state index is 0.357. The van der Waals surface area contributed by atoms with Crippen LogP contribution in [0.25, 0.3) is 0 Å². The van der Waals surface area contributed by atoms with Gasteiger partial charge in [-0.15, -0.1) is 0 Å². The number of hydrogen-bond acceptors (Lipinski definition) is 3. The van der Waals surface area contributed by atoms with Crippen molar-refractivity contribution in [1.82, 2.24) is 4.98 Å². The summed E-state index contributed by atoms with van der Waals surface area (Å²) in [5, 5.41) is 0. The van der Waals surface area contributed by atoms with E-state index in [9.17, 15) is 0 Å². The van der Waals surface area contributed by atoms with E-state index in [1.165, 1.54) is 0 Å². The highest BCUT2D eigenvalue weighted by atomic mass is 16.4. The molecular formula is C9H16N2O. The Hall–Kier alpha value is -0.830. The predicted molar refractivity (Wildman–Crippen MR) is 48.1 cm³/mol. The lowest BCUT2D eigenvalue weighted by molar-refractivity contribution is 0.449. The molecule has 0 aromatic carbocycles. The summed E-state index contributed by atoms with van der Waals surface area (Å²) in [5.41, 5.74) is 6.43. The van der Waals surface area contributed by atoms with E-state index in [0.717, 1.165) is 23.8 Å². The molecule has 1 aromatic rings. The molecule has 2 N–H and O–H groups in total. The van der Waals surface area contributed by atoms with Crippen LogP contribution >= 0.6 is 0 Å². The van der Waals surface area contributed by atoms with E-state index < -0.39 is 0 Å². The molecule has 1 heterocycles. The zero-order valence-corrected chi connectivity index (χ0v) is 7.92. The Morgan fingerprint density at radius 3 is 2.58 bits per heavy atom. The Kier molecular flexibility index (Phi) is 2.87. The summed E-state index contributed by atoms with van der Waals surface area (Å²) in [7, 11) is 0. The number of oxazole rings is 1. The summed E-state index contributed by atoms with van der Waals surface area (Å²) in [6.07, 6.45) is 0.808. The highest BCUT2D eigenvalue weighted by molar-refractivity contribution is 5.09. The Morgan fingerprint density at radius 1 is 1.50 bits per heavy atom. The van der Waals surface area contributed by atoms with Crippen molar-refractivity contribution in [2.24, 2.45) is 5.73 Å². The zero-order valence-electron chi connectivity index (χ0n) is 7.92. The van der Waals surface area contributed by atoms with E-state index in [2.05, 4.69) is 18.8 Å². The number of aromatic nitrogens is 1. The average Bonchev–Trinajstić information content (AvgIpc) is 2.34. The van der Waals surface area contributed by atoms with Gasteiger partial charge in [0.25, 0.3) is 0 Å². The standard InChI is InChI=1S/C9H16N2O/c1-6(2)9-11-8(4-5-10)7(3)12-9/h6H,4-5,10H2,1-3H3. The summed E-state index contributed by atoms with van der Waals surface area (Å²) in [6.45, 7) is 6.70. The molecule has 0 aliphatic rings. The quantitative estimate of drug-likeness (QED) is 0.746. The van der Waals surface area contributed by atoms with E-state index in [1.54, 1.807) is 0 Å². The first-order valence-electron chi connectivity index (χ1n) is 4.31. The number of hydrogen-bond donors (Lipinski definition) is 1. The topological polar surface area (TPSA) is 52.0 Å². The third kappa shape index (κ3) is 1.85. The highest BCUT2D eigenvalue weighted by Gasteiger charge is 2.10. The van der Waals surface area contributed by atoms with Gasteiger partial charge >= 0.3 is 0 Å². The van der Waals surface area contributed by atoms with Crippen molar-refractivity contribution < 1.29 is 4.42 Å². The number of aryl methyl sites for hydroxylation is 1. The lowest BCUT2D eigenvalue weighted by Crippen LogP contribution is -2.04. The van der Waals surface area contributed by atoms with Gasteiger partial charge in [-0.05, 0) is 13.5 Å². The van der Waals surface area contributed by atoms with E-state index in [4.69, 9.17) is 10.2 Å². The molecule has 0 saturated heterocycles. The molecule has 0 radical (unpaired) electrons. The van der Waals surface area contributed by atoms with Crippen LogP contribution in [0, 0.1) is 6.92 Å². The van der Waals surface area contributed by atoms with Gasteiger partial charge in [-0.1, -0.05) is 13.8 Å². The van der Waals surface area contributed by atoms with Gasteiger partial charge in [0.05, 0.1) is 5.69 Å². The van der Waals surface area contributed by atoms with Crippen LogP contribution in [-0.4, -0.2) is 11.5 Å². The fourth-order valence-electron chi connectivity index (χ4n) is 1.07. The molecule has 0 fully saturated rings. The zero-order chi connectivity index (χ0) is 9.14. The Labute approximate surface area is 73.0 Å². The van der Waals surface area contributed by atoms with E-state index >= 15 is 0 Å². The van der Waals surface area contributed by atoms with Gasteiger partial charge in [-0.25, -0.2) is 4.98 Å². The van der Waals surface area contributed by atoms with Crippen molar-refractivity contribution >= 4 is 0 Å². The normalized spacial score (nSPS) is 11.1. The van der Waals surface area contributed by atoms with E-state index in [0.29, 0.717) is 12.5 Å². The molecular weight excluding hydrogens is 152 g/mol. The fraction of sp³-hybridized carbons (Fsp3) is 0.667. The lowest BCUT2D eigenvalue weighted by Gasteiger charge is -1.94.